The zero-order valence-corrected chi connectivity index (χ0v) is 13.7. The van der Waals surface area contributed by atoms with Gasteiger partial charge in [-0.1, -0.05) is 24.3 Å². The molecule has 0 radical (unpaired) electrons. The van der Waals surface area contributed by atoms with Crippen LogP contribution in [0.1, 0.15) is 23.7 Å². The van der Waals surface area contributed by atoms with Gasteiger partial charge in [-0.3, -0.25) is 9.59 Å². The summed E-state index contributed by atoms with van der Waals surface area (Å²) in [7, 11) is 3.41. The molecule has 5 nitrogen and oxygen atoms in total. The van der Waals surface area contributed by atoms with Crippen molar-refractivity contribution in [3.63, 3.8) is 0 Å². The largest absolute Gasteiger partial charge is 0.351 e. The van der Waals surface area contributed by atoms with Gasteiger partial charge in [0.25, 0.3) is 0 Å². The fraction of sp³-hybridized carbons (Fsp3) is 0.312. The number of rotatable bonds is 6. The van der Waals surface area contributed by atoms with Gasteiger partial charge in [0.1, 0.15) is 0 Å². The van der Waals surface area contributed by atoms with Crippen LogP contribution in [-0.2, 0) is 9.59 Å². The fourth-order valence-electron chi connectivity index (χ4n) is 2.16. The van der Waals surface area contributed by atoms with Gasteiger partial charge < -0.3 is 10.2 Å². The van der Waals surface area contributed by atoms with Crippen LogP contribution >= 0.6 is 11.3 Å². The number of benzene rings is 1. The number of amides is 2. The molecule has 1 unspecified atom stereocenters. The number of aromatic nitrogens is 1. The minimum Gasteiger partial charge on any atom is -0.351 e. The molecule has 22 heavy (non-hydrogen) atoms. The summed E-state index contributed by atoms with van der Waals surface area (Å²) in [4.78, 5) is 29.6. The third-order valence-electron chi connectivity index (χ3n) is 3.47. The van der Waals surface area contributed by atoms with Crippen molar-refractivity contribution in [1.29, 1.82) is 0 Å². The number of nitrogens with one attached hydrogen (secondary N) is 1. The van der Waals surface area contributed by atoms with Gasteiger partial charge >= 0.3 is 0 Å². The Morgan fingerprint density at radius 2 is 2.05 bits per heavy atom. The molecule has 1 aromatic heterocycles. The Balaban J connectivity index is 2.20. The molecule has 0 aliphatic rings. The van der Waals surface area contributed by atoms with Crippen molar-refractivity contribution in [3.05, 3.63) is 41.0 Å². The van der Waals surface area contributed by atoms with E-state index in [1.807, 2.05) is 36.7 Å². The first-order valence-electron chi connectivity index (χ1n) is 6.93. The summed E-state index contributed by atoms with van der Waals surface area (Å²) >= 11 is 1.60. The Bertz CT molecular complexity index is 650. The van der Waals surface area contributed by atoms with E-state index >= 15 is 0 Å². The van der Waals surface area contributed by atoms with Crippen molar-refractivity contribution in [2.24, 2.45) is 0 Å². The summed E-state index contributed by atoms with van der Waals surface area (Å²) in [6.07, 6.45) is 0.875. The second-order valence-electron chi connectivity index (χ2n) is 5.22. The Kier molecular flexibility index (Phi) is 5.27. The van der Waals surface area contributed by atoms with E-state index < -0.39 is 0 Å². The maximum absolute atomic E-state index is 11.9. The molecule has 0 bridgehead atoms. The SMILES string of the molecule is Cc1ncsc1-c1ccc(C(CC(=O)N(C)C)NC=O)cc1. The van der Waals surface area contributed by atoms with Crippen molar-refractivity contribution in [3.8, 4) is 10.4 Å². The number of thiazole rings is 1. The quantitative estimate of drug-likeness (QED) is 0.832. The molecule has 0 aliphatic carbocycles. The van der Waals surface area contributed by atoms with Gasteiger partial charge in [-0.15, -0.1) is 11.3 Å². The van der Waals surface area contributed by atoms with E-state index in [1.165, 1.54) is 4.90 Å². The van der Waals surface area contributed by atoms with E-state index in [-0.39, 0.29) is 18.4 Å². The highest BCUT2D eigenvalue weighted by Crippen LogP contribution is 2.28. The summed E-state index contributed by atoms with van der Waals surface area (Å²) in [5, 5.41) is 2.71. The summed E-state index contributed by atoms with van der Waals surface area (Å²) in [6.45, 7) is 1.98. The summed E-state index contributed by atoms with van der Waals surface area (Å²) in [5.74, 6) is -0.0262. The third-order valence-corrected chi connectivity index (χ3v) is 4.45. The lowest BCUT2D eigenvalue weighted by Crippen LogP contribution is -2.29. The Labute approximate surface area is 134 Å². The van der Waals surface area contributed by atoms with E-state index in [0.717, 1.165) is 21.7 Å². The lowest BCUT2D eigenvalue weighted by Gasteiger charge is -2.19. The molecule has 1 N–H and O–H groups in total. The maximum atomic E-state index is 11.9. The second kappa shape index (κ2) is 7.17. The number of carbonyl (C=O) groups is 2. The zero-order valence-electron chi connectivity index (χ0n) is 12.9. The molecule has 2 rings (SSSR count). The summed E-state index contributed by atoms with van der Waals surface area (Å²) < 4.78 is 0. The average molecular weight is 317 g/mol. The molecule has 1 atom stereocenters. The highest BCUT2D eigenvalue weighted by atomic mass is 32.1. The van der Waals surface area contributed by atoms with Crippen LogP contribution in [0.4, 0.5) is 0 Å². The van der Waals surface area contributed by atoms with Crippen molar-refractivity contribution in [1.82, 2.24) is 15.2 Å². The van der Waals surface area contributed by atoms with Crippen LogP contribution < -0.4 is 5.32 Å². The molecule has 0 saturated carbocycles. The van der Waals surface area contributed by atoms with Crippen LogP contribution in [-0.4, -0.2) is 36.3 Å². The average Bonchev–Trinajstić information content (AvgIpc) is 2.93. The van der Waals surface area contributed by atoms with Crippen molar-refractivity contribution >= 4 is 23.7 Å². The lowest BCUT2D eigenvalue weighted by atomic mass is 10.0. The van der Waals surface area contributed by atoms with E-state index in [9.17, 15) is 9.59 Å². The molecule has 2 aromatic rings. The fourth-order valence-corrected chi connectivity index (χ4v) is 2.97. The van der Waals surface area contributed by atoms with Crippen LogP contribution in [0.15, 0.2) is 29.8 Å². The number of aryl methyl sites for hydroxylation is 1. The van der Waals surface area contributed by atoms with E-state index in [0.29, 0.717) is 6.41 Å². The van der Waals surface area contributed by atoms with Gasteiger partial charge in [0.05, 0.1) is 28.5 Å². The summed E-state index contributed by atoms with van der Waals surface area (Å²) in [5.41, 5.74) is 4.83. The number of carbonyl (C=O) groups excluding carboxylic acids is 2. The molecule has 0 aliphatic heterocycles. The summed E-state index contributed by atoms with van der Waals surface area (Å²) in [6, 6.07) is 7.56. The topological polar surface area (TPSA) is 62.3 Å². The highest BCUT2D eigenvalue weighted by Gasteiger charge is 2.17. The highest BCUT2D eigenvalue weighted by molar-refractivity contribution is 7.13. The van der Waals surface area contributed by atoms with Gasteiger partial charge in [0.2, 0.25) is 12.3 Å². The molecular formula is C16H19N3O2S. The Hall–Kier alpha value is -2.21. The first kappa shape index (κ1) is 16.2. The van der Waals surface area contributed by atoms with Gasteiger partial charge in [0.15, 0.2) is 0 Å². The predicted octanol–water partition coefficient (Wildman–Crippen LogP) is 2.38. The van der Waals surface area contributed by atoms with Crippen molar-refractivity contribution < 1.29 is 9.59 Å². The maximum Gasteiger partial charge on any atom is 0.224 e. The van der Waals surface area contributed by atoms with Crippen LogP contribution in [0.3, 0.4) is 0 Å². The first-order valence-corrected chi connectivity index (χ1v) is 7.81. The number of hydrogen-bond acceptors (Lipinski definition) is 4. The molecule has 0 saturated heterocycles. The van der Waals surface area contributed by atoms with E-state index in [2.05, 4.69) is 10.3 Å². The molecule has 0 fully saturated rings. The molecule has 116 valence electrons. The van der Waals surface area contributed by atoms with Gasteiger partial charge in [-0.2, -0.15) is 0 Å². The molecule has 1 aromatic carbocycles. The van der Waals surface area contributed by atoms with Crippen LogP contribution in [0.5, 0.6) is 0 Å². The Morgan fingerprint density at radius 1 is 1.36 bits per heavy atom. The number of hydrogen-bond donors (Lipinski definition) is 1. The van der Waals surface area contributed by atoms with E-state index in [4.69, 9.17) is 0 Å². The van der Waals surface area contributed by atoms with Gasteiger partial charge in [-0.25, -0.2) is 4.98 Å². The lowest BCUT2D eigenvalue weighted by molar-refractivity contribution is -0.129. The zero-order chi connectivity index (χ0) is 16.1. The predicted molar refractivity (Wildman–Crippen MR) is 87.5 cm³/mol. The first-order chi connectivity index (χ1) is 10.5. The molecule has 1 heterocycles. The van der Waals surface area contributed by atoms with Crippen molar-refractivity contribution in [2.45, 2.75) is 19.4 Å². The Morgan fingerprint density at radius 3 is 2.55 bits per heavy atom. The van der Waals surface area contributed by atoms with Crippen molar-refractivity contribution in [2.75, 3.05) is 14.1 Å². The molecule has 2 amide bonds. The smallest absolute Gasteiger partial charge is 0.224 e. The molecule has 0 spiro atoms. The van der Waals surface area contributed by atoms with Gasteiger partial charge in [-0.05, 0) is 18.1 Å². The standard InChI is InChI=1S/C16H19N3O2S/c1-11-16(22-10-18-11)13-6-4-12(5-7-13)14(17-9-20)8-15(21)19(2)3/h4-7,9-10,14H,8H2,1-3H3,(H,17,20). The van der Waals surface area contributed by atoms with E-state index in [1.54, 1.807) is 25.4 Å². The third kappa shape index (κ3) is 3.71. The van der Waals surface area contributed by atoms with Crippen LogP contribution in [0, 0.1) is 6.92 Å². The van der Waals surface area contributed by atoms with Gasteiger partial charge in [0, 0.05) is 14.1 Å². The monoisotopic (exact) mass is 317 g/mol. The number of nitrogens with zero attached hydrogens (tertiary/aromatic N) is 2. The minimum absolute atomic E-state index is 0.0262. The normalized spacial score (nSPS) is 11.8. The molecule has 6 heteroatoms. The van der Waals surface area contributed by atoms with Crippen LogP contribution in [0.25, 0.3) is 10.4 Å². The van der Waals surface area contributed by atoms with Crippen LogP contribution in [0.2, 0.25) is 0 Å². The minimum atomic E-state index is -0.316. The second-order valence-corrected chi connectivity index (χ2v) is 6.07. The molecular weight excluding hydrogens is 298 g/mol.